The molecule has 0 radical (unpaired) electrons. The van der Waals surface area contributed by atoms with Gasteiger partial charge in [-0.2, -0.15) is 0 Å². The van der Waals surface area contributed by atoms with Gasteiger partial charge in [-0.1, -0.05) is 0 Å². The lowest BCUT2D eigenvalue weighted by Gasteiger charge is -2.22. The number of carbonyl (C=O) groups is 1. The SMILES string of the molecule is CNC1=CC(C(=O)N(C)CCN)CN=C1. The molecule has 0 aliphatic carbocycles. The van der Waals surface area contributed by atoms with Crippen LogP contribution in [0.5, 0.6) is 0 Å². The molecular weight excluding hydrogens is 192 g/mol. The van der Waals surface area contributed by atoms with Crippen molar-refractivity contribution in [2.45, 2.75) is 0 Å². The third-order valence-corrected chi connectivity index (χ3v) is 2.36. The van der Waals surface area contributed by atoms with Gasteiger partial charge in [0, 0.05) is 39.1 Å². The van der Waals surface area contributed by atoms with Crippen LogP contribution in [0.1, 0.15) is 0 Å². The number of likely N-dealkylation sites (N-methyl/N-ethyl adjacent to an activating group) is 1. The van der Waals surface area contributed by atoms with Crippen molar-refractivity contribution in [3.8, 4) is 0 Å². The minimum Gasteiger partial charge on any atom is -0.387 e. The Kier molecular flexibility index (Phi) is 4.30. The van der Waals surface area contributed by atoms with E-state index < -0.39 is 0 Å². The van der Waals surface area contributed by atoms with Crippen LogP contribution < -0.4 is 11.1 Å². The molecule has 1 amide bonds. The number of nitrogens with zero attached hydrogens (tertiary/aromatic N) is 2. The van der Waals surface area contributed by atoms with E-state index in [0.717, 1.165) is 5.70 Å². The number of hydrogen-bond acceptors (Lipinski definition) is 4. The summed E-state index contributed by atoms with van der Waals surface area (Å²) in [5.41, 5.74) is 6.29. The molecule has 0 aromatic heterocycles. The highest BCUT2D eigenvalue weighted by Crippen LogP contribution is 2.10. The highest BCUT2D eigenvalue weighted by atomic mass is 16.2. The lowest BCUT2D eigenvalue weighted by molar-refractivity contribution is -0.132. The van der Waals surface area contributed by atoms with E-state index in [1.165, 1.54) is 0 Å². The zero-order valence-electron chi connectivity index (χ0n) is 9.23. The van der Waals surface area contributed by atoms with Crippen LogP contribution in [0.15, 0.2) is 16.8 Å². The van der Waals surface area contributed by atoms with E-state index in [9.17, 15) is 4.79 Å². The van der Waals surface area contributed by atoms with Gasteiger partial charge in [-0.05, 0) is 6.08 Å². The monoisotopic (exact) mass is 210 g/mol. The molecule has 1 unspecified atom stereocenters. The molecule has 1 atom stereocenters. The molecule has 1 heterocycles. The minimum absolute atomic E-state index is 0.0741. The zero-order chi connectivity index (χ0) is 11.3. The number of hydrogen-bond donors (Lipinski definition) is 2. The average molecular weight is 210 g/mol. The number of amides is 1. The predicted octanol–water partition coefficient (Wildman–Crippen LogP) is -0.793. The van der Waals surface area contributed by atoms with Gasteiger partial charge in [-0.25, -0.2) is 0 Å². The second-order valence-corrected chi connectivity index (χ2v) is 3.52. The number of nitrogens with two attached hydrogens (primary N) is 1. The van der Waals surface area contributed by atoms with E-state index in [4.69, 9.17) is 5.73 Å². The largest absolute Gasteiger partial charge is 0.387 e. The van der Waals surface area contributed by atoms with Gasteiger partial charge in [0.25, 0.3) is 0 Å². The molecule has 84 valence electrons. The highest BCUT2D eigenvalue weighted by molar-refractivity contribution is 5.86. The number of allylic oxidation sites excluding steroid dienone is 1. The summed E-state index contributed by atoms with van der Waals surface area (Å²) in [6.07, 6.45) is 3.65. The first kappa shape index (κ1) is 11.7. The molecule has 0 aromatic carbocycles. The smallest absolute Gasteiger partial charge is 0.231 e. The molecule has 0 spiro atoms. The van der Waals surface area contributed by atoms with Gasteiger partial charge in [-0.15, -0.1) is 0 Å². The lowest BCUT2D eigenvalue weighted by Crippen LogP contribution is -2.38. The summed E-state index contributed by atoms with van der Waals surface area (Å²) in [7, 11) is 3.58. The van der Waals surface area contributed by atoms with Crippen LogP contribution in [0.2, 0.25) is 0 Å². The Balaban J connectivity index is 2.61. The maximum absolute atomic E-state index is 11.9. The van der Waals surface area contributed by atoms with Crippen molar-refractivity contribution in [2.75, 3.05) is 33.7 Å². The molecule has 15 heavy (non-hydrogen) atoms. The van der Waals surface area contributed by atoms with Gasteiger partial charge in [0.05, 0.1) is 12.5 Å². The Labute approximate surface area is 90.0 Å². The van der Waals surface area contributed by atoms with Crippen molar-refractivity contribution in [1.82, 2.24) is 10.2 Å². The fourth-order valence-electron chi connectivity index (χ4n) is 1.46. The van der Waals surface area contributed by atoms with E-state index in [2.05, 4.69) is 10.3 Å². The Bertz CT molecular complexity index is 285. The summed E-state index contributed by atoms with van der Waals surface area (Å²) in [6, 6.07) is 0. The Morgan fingerprint density at radius 1 is 1.80 bits per heavy atom. The quantitative estimate of drug-likeness (QED) is 0.638. The van der Waals surface area contributed by atoms with Crippen LogP contribution in [-0.2, 0) is 4.79 Å². The molecule has 5 heteroatoms. The summed E-state index contributed by atoms with van der Waals surface area (Å²) in [5, 5.41) is 2.98. The zero-order valence-corrected chi connectivity index (χ0v) is 9.23. The highest BCUT2D eigenvalue weighted by Gasteiger charge is 2.21. The van der Waals surface area contributed by atoms with Crippen molar-refractivity contribution >= 4 is 12.1 Å². The van der Waals surface area contributed by atoms with Crippen molar-refractivity contribution in [1.29, 1.82) is 0 Å². The normalized spacial score (nSPS) is 19.7. The van der Waals surface area contributed by atoms with E-state index in [0.29, 0.717) is 19.6 Å². The van der Waals surface area contributed by atoms with Gasteiger partial charge >= 0.3 is 0 Å². The van der Waals surface area contributed by atoms with Crippen molar-refractivity contribution < 1.29 is 4.79 Å². The molecule has 1 rings (SSSR count). The van der Waals surface area contributed by atoms with Crippen LogP contribution >= 0.6 is 0 Å². The van der Waals surface area contributed by atoms with Crippen LogP contribution in [0.3, 0.4) is 0 Å². The summed E-state index contributed by atoms with van der Waals surface area (Å²) in [5.74, 6) is -0.0842. The van der Waals surface area contributed by atoms with Crippen molar-refractivity contribution in [2.24, 2.45) is 16.6 Å². The molecular formula is C10H18N4O. The summed E-state index contributed by atoms with van der Waals surface area (Å²) < 4.78 is 0. The van der Waals surface area contributed by atoms with Gasteiger partial charge in [0.2, 0.25) is 5.91 Å². The predicted molar refractivity (Wildman–Crippen MR) is 60.7 cm³/mol. The molecule has 0 fully saturated rings. The maximum atomic E-state index is 11.9. The molecule has 3 N–H and O–H groups in total. The van der Waals surface area contributed by atoms with E-state index in [1.54, 1.807) is 18.2 Å². The van der Waals surface area contributed by atoms with Crippen molar-refractivity contribution in [3.63, 3.8) is 0 Å². The third-order valence-electron chi connectivity index (χ3n) is 2.36. The number of rotatable bonds is 4. The van der Waals surface area contributed by atoms with E-state index in [1.807, 2.05) is 13.1 Å². The standard InChI is InChI=1S/C10H18N4O/c1-12-9-5-8(6-13-7-9)10(15)14(2)4-3-11/h5,7-8,12H,3-4,6,11H2,1-2H3. The molecule has 0 saturated carbocycles. The first-order valence-corrected chi connectivity index (χ1v) is 5.03. The van der Waals surface area contributed by atoms with Crippen LogP contribution in [-0.4, -0.2) is 50.8 Å². The molecule has 0 saturated heterocycles. The lowest BCUT2D eigenvalue weighted by atomic mass is 10.0. The first-order valence-electron chi connectivity index (χ1n) is 5.03. The van der Waals surface area contributed by atoms with E-state index in [-0.39, 0.29) is 11.8 Å². The maximum Gasteiger partial charge on any atom is 0.231 e. The molecule has 0 aromatic rings. The summed E-state index contributed by atoms with van der Waals surface area (Å²) >= 11 is 0. The fraction of sp³-hybridized carbons (Fsp3) is 0.600. The molecule has 1 aliphatic heterocycles. The second-order valence-electron chi connectivity index (χ2n) is 3.52. The number of dihydropyridines is 1. The van der Waals surface area contributed by atoms with Gasteiger partial charge < -0.3 is 16.0 Å². The third kappa shape index (κ3) is 3.06. The van der Waals surface area contributed by atoms with E-state index >= 15 is 0 Å². The summed E-state index contributed by atoms with van der Waals surface area (Å²) in [6.45, 7) is 1.60. The Hall–Kier alpha value is -1.36. The Morgan fingerprint density at radius 3 is 3.13 bits per heavy atom. The van der Waals surface area contributed by atoms with Crippen LogP contribution in [0, 0.1) is 5.92 Å². The number of carbonyl (C=O) groups excluding carboxylic acids is 1. The van der Waals surface area contributed by atoms with Gasteiger partial charge in [0.15, 0.2) is 0 Å². The number of nitrogens with one attached hydrogen (secondary N) is 1. The topological polar surface area (TPSA) is 70.7 Å². The van der Waals surface area contributed by atoms with Gasteiger partial charge in [-0.3, -0.25) is 9.79 Å². The van der Waals surface area contributed by atoms with Crippen molar-refractivity contribution in [3.05, 3.63) is 11.8 Å². The average Bonchev–Trinajstić information content (AvgIpc) is 2.28. The minimum atomic E-state index is -0.158. The van der Waals surface area contributed by atoms with Gasteiger partial charge in [0.1, 0.15) is 0 Å². The number of aliphatic imine (C=N–C) groups is 1. The fourth-order valence-corrected chi connectivity index (χ4v) is 1.46. The molecule has 5 nitrogen and oxygen atoms in total. The van der Waals surface area contributed by atoms with Crippen LogP contribution in [0.25, 0.3) is 0 Å². The summed E-state index contributed by atoms with van der Waals surface area (Å²) in [4.78, 5) is 17.7. The molecule has 1 aliphatic rings. The molecule has 0 bridgehead atoms. The Morgan fingerprint density at radius 2 is 2.53 bits per heavy atom. The first-order chi connectivity index (χ1) is 7.19. The second kappa shape index (κ2) is 5.50. The van der Waals surface area contributed by atoms with Crippen LogP contribution in [0.4, 0.5) is 0 Å².